The van der Waals surface area contributed by atoms with E-state index in [1.807, 2.05) is 24.9 Å². The van der Waals surface area contributed by atoms with E-state index >= 15 is 0 Å². The maximum absolute atomic E-state index is 4.58. The van der Waals surface area contributed by atoms with Crippen LogP contribution in [0.5, 0.6) is 0 Å². The first-order valence-corrected chi connectivity index (χ1v) is 6.73. The Bertz CT molecular complexity index is 550. The molecule has 2 aromatic rings. The van der Waals surface area contributed by atoms with Gasteiger partial charge in [0.1, 0.15) is 5.82 Å². The molecule has 0 fully saturated rings. The van der Waals surface area contributed by atoms with Crippen molar-refractivity contribution in [2.75, 3.05) is 5.32 Å². The third-order valence-corrected chi connectivity index (χ3v) is 3.09. The van der Waals surface area contributed by atoms with Crippen LogP contribution in [0.2, 0.25) is 0 Å². The number of hydrogen-bond donors (Lipinski definition) is 1. The Morgan fingerprint density at radius 2 is 2.00 bits per heavy atom. The fourth-order valence-electron chi connectivity index (χ4n) is 2.14. The Balaban J connectivity index is 2.02. The van der Waals surface area contributed by atoms with E-state index in [-0.39, 0.29) is 0 Å². The van der Waals surface area contributed by atoms with Crippen molar-refractivity contribution < 1.29 is 0 Å². The van der Waals surface area contributed by atoms with Gasteiger partial charge in [-0.15, -0.1) is 0 Å². The van der Waals surface area contributed by atoms with Crippen LogP contribution >= 0.6 is 0 Å². The van der Waals surface area contributed by atoms with E-state index in [0.29, 0.717) is 5.92 Å². The first-order valence-electron chi connectivity index (χ1n) is 6.73. The highest BCUT2D eigenvalue weighted by atomic mass is 15.3. The van der Waals surface area contributed by atoms with E-state index in [1.165, 1.54) is 11.3 Å². The molecule has 2 heterocycles. The van der Waals surface area contributed by atoms with Crippen LogP contribution in [-0.2, 0) is 20.1 Å². The van der Waals surface area contributed by atoms with Crippen LogP contribution in [-0.4, -0.2) is 19.6 Å². The second kappa shape index (κ2) is 5.47. The lowest BCUT2D eigenvalue weighted by Crippen LogP contribution is -2.08. The predicted octanol–water partition coefficient (Wildman–Crippen LogP) is 2.50. The highest BCUT2D eigenvalue weighted by Gasteiger charge is 2.07. The van der Waals surface area contributed by atoms with Crippen LogP contribution in [0.3, 0.4) is 0 Å². The van der Waals surface area contributed by atoms with Crippen LogP contribution in [0.15, 0.2) is 12.3 Å². The molecule has 5 heteroatoms. The van der Waals surface area contributed by atoms with Crippen LogP contribution in [0.4, 0.5) is 5.82 Å². The zero-order valence-corrected chi connectivity index (χ0v) is 12.4. The largest absolute Gasteiger partial charge is 0.364 e. The van der Waals surface area contributed by atoms with Gasteiger partial charge in [0.2, 0.25) is 0 Å². The molecule has 0 aliphatic heterocycles. The fraction of sp³-hybridized carbons (Fsp3) is 0.571. The van der Waals surface area contributed by atoms with Crippen molar-refractivity contribution in [3.63, 3.8) is 0 Å². The molecule has 2 rings (SSSR count). The number of nitrogens with one attached hydrogen (secondary N) is 1. The summed E-state index contributed by atoms with van der Waals surface area (Å²) in [7, 11) is 1.94. The minimum absolute atomic E-state index is 0.604. The van der Waals surface area contributed by atoms with Crippen molar-refractivity contribution in [3.8, 4) is 0 Å². The van der Waals surface area contributed by atoms with Crippen LogP contribution < -0.4 is 5.32 Å². The van der Waals surface area contributed by atoms with Gasteiger partial charge in [0.15, 0.2) is 0 Å². The maximum atomic E-state index is 4.58. The maximum Gasteiger partial charge on any atom is 0.148 e. The molecule has 0 aliphatic rings. The molecule has 0 spiro atoms. The monoisotopic (exact) mass is 261 g/mol. The molecule has 1 N–H and O–H groups in total. The van der Waals surface area contributed by atoms with E-state index in [1.54, 1.807) is 0 Å². The van der Waals surface area contributed by atoms with Crippen LogP contribution in [0.25, 0.3) is 0 Å². The summed E-state index contributed by atoms with van der Waals surface area (Å²) in [6, 6.07) is 2.09. The molecule has 0 atom stereocenters. The second-order valence-corrected chi connectivity index (χ2v) is 5.51. The molecule has 104 valence electrons. The SMILES string of the molecule is Cc1nn(C)cc1CNc1cc(C)n(CC(C)C)n1. The lowest BCUT2D eigenvalue weighted by atomic mass is 10.2. The molecule has 0 aliphatic carbocycles. The normalized spacial score (nSPS) is 11.3. The Hall–Kier alpha value is -1.78. The smallest absolute Gasteiger partial charge is 0.148 e. The number of aryl methyl sites for hydroxylation is 3. The number of rotatable bonds is 5. The number of aromatic nitrogens is 4. The van der Waals surface area contributed by atoms with Gasteiger partial charge in [-0.25, -0.2) is 0 Å². The van der Waals surface area contributed by atoms with Gasteiger partial charge < -0.3 is 5.32 Å². The van der Waals surface area contributed by atoms with E-state index in [4.69, 9.17) is 0 Å². The summed E-state index contributed by atoms with van der Waals surface area (Å²) in [6.45, 7) is 10.2. The lowest BCUT2D eigenvalue weighted by Gasteiger charge is -2.06. The van der Waals surface area contributed by atoms with Gasteiger partial charge in [0.25, 0.3) is 0 Å². The van der Waals surface area contributed by atoms with Gasteiger partial charge in [-0.1, -0.05) is 13.8 Å². The molecular formula is C14H23N5. The molecule has 0 radical (unpaired) electrons. The van der Waals surface area contributed by atoms with Crippen LogP contribution in [0, 0.1) is 19.8 Å². The summed E-state index contributed by atoms with van der Waals surface area (Å²) in [5, 5.41) is 12.3. The molecular weight excluding hydrogens is 238 g/mol. The standard InChI is InChI=1S/C14H23N5/c1-10(2)8-19-11(3)6-14(17-19)15-7-13-9-18(5)16-12(13)4/h6,9-10H,7-8H2,1-5H3,(H,15,17). The van der Waals surface area contributed by atoms with Crippen molar-refractivity contribution in [1.82, 2.24) is 19.6 Å². The molecule has 0 unspecified atom stereocenters. The number of nitrogens with zero attached hydrogens (tertiary/aromatic N) is 4. The quantitative estimate of drug-likeness (QED) is 0.899. The van der Waals surface area contributed by atoms with E-state index in [9.17, 15) is 0 Å². The van der Waals surface area contributed by atoms with E-state index < -0.39 is 0 Å². The first kappa shape index (κ1) is 13.6. The topological polar surface area (TPSA) is 47.7 Å². The van der Waals surface area contributed by atoms with Gasteiger partial charge in [0.05, 0.1) is 5.69 Å². The van der Waals surface area contributed by atoms with Crippen molar-refractivity contribution in [1.29, 1.82) is 0 Å². The molecule has 0 amide bonds. The number of hydrogen-bond acceptors (Lipinski definition) is 3. The van der Waals surface area contributed by atoms with Gasteiger partial charge in [-0.05, 0) is 19.8 Å². The average molecular weight is 261 g/mol. The Morgan fingerprint density at radius 3 is 2.58 bits per heavy atom. The Kier molecular flexibility index (Phi) is 3.93. The van der Waals surface area contributed by atoms with Gasteiger partial charge in [-0.2, -0.15) is 10.2 Å². The summed E-state index contributed by atoms with van der Waals surface area (Å²) >= 11 is 0. The summed E-state index contributed by atoms with van der Waals surface area (Å²) in [4.78, 5) is 0. The summed E-state index contributed by atoms with van der Waals surface area (Å²) in [6.07, 6.45) is 2.04. The lowest BCUT2D eigenvalue weighted by molar-refractivity contribution is 0.475. The van der Waals surface area contributed by atoms with Crippen molar-refractivity contribution >= 4 is 5.82 Å². The van der Waals surface area contributed by atoms with Gasteiger partial charge in [0, 0.05) is 43.7 Å². The zero-order valence-electron chi connectivity index (χ0n) is 12.4. The minimum Gasteiger partial charge on any atom is -0.364 e. The fourth-order valence-corrected chi connectivity index (χ4v) is 2.14. The second-order valence-electron chi connectivity index (χ2n) is 5.51. The molecule has 0 aromatic carbocycles. The highest BCUT2D eigenvalue weighted by Crippen LogP contribution is 2.13. The van der Waals surface area contributed by atoms with Crippen LogP contribution in [0.1, 0.15) is 30.8 Å². The Morgan fingerprint density at radius 1 is 1.26 bits per heavy atom. The minimum atomic E-state index is 0.604. The summed E-state index contributed by atoms with van der Waals surface area (Å²) in [5.74, 6) is 1.54. The molecule has 0 saturated carbocycles. The van der Waals surface area contributed by atoms with E-state index in [0.717, 1.165) is 24.6 Å². The van der Waals surface area contributed by atoms with Gasteiger partial charge in [-0.3, -0.25) is 9.36 Å². The molecule has 5 nitrogen and oxygen atoms in total. The van der Waals surface area contributed by atoms with Crippen molar-refractivity contribution in [3.05, 3.63) is 29.2 Å². The van der Waals surface area contributed by atoms with Crippen molar-refractivity contribution in [2.45, 2.75) is 40.8 Å². The summed E-state index contributed by atoms with van der Waals surface area (Å²) < 4.78 is 3.90. The highest BCUT2D eigenvalue weighted by molar-refractivity contribution is 5.37. The summed E-state index contributed by atoms with van der Waals surface area (Å²) in [5.41, 5.74) is 3.46. The van der Waals surface area contributed by atoms with Crippen molar-refractivity contribution in [2.24, 2.45) is 13.0 Å². The molecule has 19 heavy (non-hydrogen) atoms. The average Bonchev–Trinajstić information content (AvgIpc) is 2.79. The third kappa shape index (κ3) is 3.36. The number of anilines is 1. The van der Waals surface area contributed by atoms with Gasteiger partial charge >= 0.3 is 0 Å². The molecule has 2 aromatic heterocycles. The third-order valence-electron chi connectivity index (χ3n) is 3.09. The molecule has 0 bridgehead atoms. The zero-order chi connectivity index (χ0) is 14.0. The van der Waals surface area contributed by atoms with E-state index in [2.05, 4.69) is 47.0 Å². The Labute approximate surface area is 114 Å². The first-order chi connectivity index (χ1) is 8.95. The molecule has 0 saturated heterocycles. The predicted molar refractivity (Wildman–Crippen MR) is 77.1 cm³/mol.